The fraction of sp³-hybridized carbons (Fsp3) is 0.615. The molecule has 0 amide bonds. The largest absolute Gasteiger partial charge is 0.379 e. The van der Waals surface area contributed by atoms with Crippen molar-refractivity contribution in [3.05, 3.63) is 29.8 Å². The van der Waals surface area contributed by atoms with Crippen molar-refractivity contribution in [2.24, 2.45) is 5.84 Å². The number of hydrogen-bond acceptors (Lipinski definition) is 5. The normalized spacial score (nSPS) is 19.4. The molecule has 2 heterocycles. The second kappa shape index (κ2) is 5.92. The summed E-state index contributed by atoms with van der Waals surface area (Å²) in [5, 5.41) is 0. The Hall–Kier alpha value is -1.08. The van der Waals surface area contributed by atoms with E-state index in [0.29, 0.717) is 18.8 Å². The summed E-state index contributed by atoms with van der Waals surface area (Å²) < 4.78 is 19.3. The standard InChI is InChI=1S/C13H21FN4O/c1-13(2,18-5-7-19-8-6-18)12(17-15)10-3-4-16-9-11(10)14/h3-4,9,12,17H,5-8,15H2,1-2H3. The smallest absolute Gasteiger partial charge is 0.146 e. The van der Waals surface area contributed by atoms with E-state index >= 15 is 0 Å². The van der Waals surface area contributed by atoms with E-state index in [1.807, 2.05) is 0 Å². The summed E-state index contributed by atoms with van der Waals surface area (Å²) in [4.78, 5) is 6.04. The molecule has 19 heavy (non-hydrogen) atoms. The summed E-state index contributed by atoms with van der Waals surface area (Å²) in [7, 11) is 0. The lowest BCUT2D eigenvalue weighted by atomic mass is 9.87. The van der Waals surface area contributed by atoms with Crippen molar-refractivity contribution < 1.29 is 9.13 Å². The number of hydrogen-bond donors (Lipinski definition) is 2. The van der Waals surface area contributed by atoms with Gasteiger partial charge in [0.25, 0.3) is 0 Å². The second-order valence-corrected chi connectivity index (χ2v) is 5.25. The molecule has 0 spiro atoms. The lowest BCUT2D eigenvalue weighted by Crippen LogP contribution is -2.57. The number of pyridine rings is 1. The Kier molecular flexibility index (Phi) is 4.46. The molecule has 0 saturated carbocycles. The van der Waals surface area contributed by atoms with Crippen LogP contribution in [-0.4, -0.2) is 41.7 Å². The minimum Gasteiger partial charge on any atom is -0.379 e. The number of nitrogens with one attached hydrogen (secondary N) is 1. The van der Waals surface area contributed by atoms with Crippen LogP contribution in [0.5, 0.6) is 0 Å². The predicted octanol–water partition coefficient (Wildman–Crippen LogP) is 0.836. The van der Waals surface area contributed by atoms with E-state index in [1.54, 1.807) is 12.3 Å². The van der Waals surface area contributed by atoms with E-state index in [2.05, 4.69) is 29.2 Å². The number of hydrazine groups is 1. The van der Waals surface area contributed by atoms with Gasteiger partial charge in [0.1, 0.15) is 5.82 Å². The summed E-state index contributed by atoms with van der Waals surface area (Å²) in [5.41, 5.74) is 2.96. The van der Waals surface area contributed by atoms with Gasteiger partial charge in [-0.15, -0.1) is 0 Å². The van der Waals surface area contributed by atoms with Crippen LogP contribution in [0.15, 0.2) is 18.5 Å². The molecule has 1 aromatic heterocycles. The van der Waals surface area contributed by atoms with Gasteiger partial charge in [-0.2, -0.15) is 0 Å². The molecule has 1 fully saturated rings. The number of halogens is 1. The third-order valence-corrected chi connectivity index (χ3v) is 3.81. The van der Waals surface area contributed by atoms with Crippen LogP contribution < -0.4 is 11.3 Å². The number of rotatable bonds is 4. The fourth-order valence-corrected chi connectivity index (χ4v) is 2.62. The maximum Gasteiger partial charge on any atom is 0.146 e. The van der Waals surface area contributed by atoms with Crippen LogP contribution in [0, 0.1) is 5.82 Å². The Balaban J connectivity index is 2.27. The number of morpholine rings is 1. The Labute approximate surface area is 112 Å². The zero-order valence-electron chi connectivity index (χ0n) is 11.4. The number of ether oxygens (including phenoxy) is 1. The zero-order chi connectivity index (χ0) is 13.9. The Morgan fingerprint density at radius 2 is 2.16 bits per heavy atom. The van der Waals surface area contributed by atoms with E-state index in [9.17, 15) is 4.39 Å². The highest BCUT2D eigenvalue weighted by molar-refractivity contribution is 5.21. The zero-order valence-corrected chi connectivity index (χ0v) is 11.4. The van der Waals surface area contributed by atoms with Gasteiger partial charge in [-0.1, -0.05) is 0 Å². The molecule has 1 unspecified atom stereocenters. The summed E-state index contributed by atoms with van der Waals surface area (Å²) in [5.74, 6) is 5.33. The van der Waals surface area contributed by atoms with E-state index in [-0.39, 0.29) is 17.4 Å². The third-order valence-electron chi connectivity index (χ3n) is 3.81. The molecule has 1 aliphatic heterocycles. The first kappa shape index (κ1) is 14.3. The summed E-state index contributed by atoms with van der Waals surface area (Å²) >= 11 is 0. The lowest BCUT2D eigenvalue weighted by Gasteiger charge is -2.45. The van der Waals surface area contributed by atoms with Crippen molar-refractivity contribution in [3.8, 4) is 0 Å². The molecule has 106 valence electrons. The van der Waals surface area contributed by atoms with Crippen molar-refractivity contribution in [2.45, 2.75) is 25.4 Å². The van der Waals surface area contributed by atoms with E-state index in [1.165, 1.54) is 6.20 Å². The summed E-state index contributed by atoms with van der Waals surface area (Å²) in [6.45, 7) is 7.14. The number of aromatic nitrogens is 1. The van der Waals surface area contributed by atoms with Gasteiger partial charge in [0.2, 0.25) is 0 Å². The number of nitrogens with two attached hydrogens (primary N) is 1. The first-order valence-electron chi connectivity index (χ1n) is 6.45. The van der Waals surface area contributed by atoms with Crippen LogP contribution in [0.3, 0.4) is 0 Å². The molecule has 0 aliphatic carbocycles. The van der Waals surface area contributed by atoms with Gasteiger partial charge < -0.3 is 4.74 Å². The van der Waals surface area contributed by atoms with Crippen molar-refractivity contribution in [1.29, 1.82) is 0 Å². The van der Waals surface area contributed by atoms with E-state index in [4.69, 9.17) is 10.6 Å². The highest BCUT2D eigenvalue weighted by Gasteiger charge is 2.37. The molecule has 1 atom stereocenters. The highest BCUT2D eigenvalue weighted by atomic mass is 19.1. The molecule has 3 N–H and O–H groups in total. The van der Waals surface area contributed by atoms with Crippen LogP contribution in [0.25, 0.3) is 0 Å². The topological polar surface area (TPSA) is 63.4 Å². The van der Waals surface area contributed by atoms with Crippen LogP contribution in [0.2, 0.25) is 0 Å². The van der Waals surface area contributed by atoms with Crippen LogP contribution in [0.1, 0.15) is 25.5 Å². The van der Waals surface area contributed by atoms with Gasteiger partial charge in [-0.25, -0.2) is 4.39 Å². The average molecular weight is 268 g/mol. The predicted molar refractivity (Wildman–Crippen MR) is 70.7 cm³/mol. The molecule has 1 aliphatic rings. The molecule has 1 aromatic rings. The molecule has 1 saturated heterocycles. The summed E-state index contributed by atoms with van der Waals surface area (Å²) in [6.07, 6.45) is 2.80. The van der Waals surface area contributed by atoms with Crippen molar-refractivity contribution in [3.63, 3.8) is 0 Å². The van der Waals surface area contributed by atoms with Crippen molar-refractivity contribution in [1.82, 2.24) is 15.3 Å². The Morgan fingerprint density at radius 3 is 2.74 bits per heavy atom. The summed E-state index contributed by atoms with van der Waals surface area (Å²) in [6, 6.07) is 1.36. The van der Waals surface area contributed by atoms with Gasteiger partial charge in [0.05, 0.1) is 25.5 Å². The SMILES string of the molecule is CC(C)(C(NN)c1ccncc1F)N1CCOCC1. The van der Waals surface area contributed by atoms with Gasteiger partial charge in [0, 0.05) is 30.4 Å². The second-order valence-electron chi connectivity index (χ2n) is 5.25. The number of nitrogens with zero attached hydrogens (tertiary/aromatic N) is 2. The molecule has 6 heteroatoms. The first-order valence-corrected chi connectivity index (χ1v) is 6.45. The Bertz CT molecular complexity index is 421. The van der Waals surface area contributed by atoms with Crippen LogP contribution in [0.4, 0.5) is 4.39 Å². The Morgan fingerprint density at radius 1 is 1.47 bits per heavy atom. The van der Waals surface area contributed by atoms with E-state index in [0.717, 1.165) is 13.1 Å². The highest BCUT2D eigenvalue weighted by Crippen LogP contribution is 2.32. The maximum atomic E-state index is 13.9. The first-order chi connectivity index (χ1) is 9.07. The quantitative estimate of drug-likeness (QED) is 0.626. The van der Waals surface area contributed by atoms with Crippen molar-refractivity contribution >= 4 is 0 Å². The molecular weight excluding hydrogens is 247 g/mol. The molecule has 2 rings (SSSR count). The molecular formula is C13H21FN4O. The molecule has 5 nitrogen and oxygen atoms in total. The molecule has 0 radical (unpaired) electrons. The molecule has 0 bridgehead atoms. The van der Waals surface area contributed by atoms with Gasteiger partial charge in [-0.05, 0) is 19.9 Å². The molecule has 0 aromatic carbocycles. The monoisotopic (exact) mass is 268 g/mol. The third kappa shape index (κ3) is 2.92. The maximum absolute atomic E-state index is 13.9. The van der Waals surface area contributed by atoms with Gasteiger partial charge in [0.15, 0.2) is 0 Å². The minimum atomic E-state index is -0.341. The van der Waals surface area contributed by atoms with Crippen LogP contribution in [-0.2, 0) is 4.74 Å². The average Bonchev–Trinajstić information content (AvgIpc) is 2.42. The van der Waals surface area contributed by atoms with E-state index < -0.39 is 0 Å². The van der Waals surface area contributed by atoms with Crippen LogP contribution >= 0.6 is 0 Å². The minimum absolute atomic E-state index is 0.311. The van der Waals surface area contributed by atoms with Gasteiger partial charge in [-0.3, -0.25) is 21.2 Å². The fourth-order valence-electron chi connectivity index (χ4n) is 2.62. The lowest BCUT2D eigenvalue weighted by molar-refractivity contribution is -0.0242. The van der Waals surface area contributed by atoms with Gasteiger partial charge >= 0.3 is 0 Å². The van der Waals surface area contributed by atoms with Crippen molar-refractivity contribution in [2.75, 3.05) is 26.3 Å².